The van der Waals surface area contributed by atoms with Crippen LogP contribution in [0.25, 0.3) is 0 Å². The first-order valence-electron chi connectivity index (χ1n) is 8.64. The quantitative estimate of drug-likeness (QED) is 0.630. The van der Waals surface area contributed by atoms with E-state index in [2.05, 4.69) is 0 Å². The van der Waals surface area contributed by atoms with Gasteiger partial charge in [-0.15, -0.1) is 0 Å². The van der Waals surface area contributed by atoms with Gasteiger partial charge in [-0.1, -0.05) is 6.07 Å². The molecule has 2 heterocycles. The summed E-state index contributed by atoms with van der Waals surface area (Å²) in [6.07, 6.45) is 1.50. The highest BCUT2D eigenvalue weighted by atomic mass is 16.5. The first-order valence-corrected chi connectivity index (χ1v) is 8.64. The molecule has 0 spiro atoms. The molecule has 2 amide bonds. The molecule has 2 aliphatic rings. The smallest absolute Gasteiger partial charge is 0.274 e. The van der Waals surface area contributed by atoms with Crippen LogP contribution in [0.4, 0.5) is 0 Å². The lowest BCUT2D eigenvalue weighted by atomic mass is 9.95. The number of carbonyl (C=O) groups is 2. The van der Waals surface area contributed by atoms with Crippen LogP contribution in [-0.4, -0.2) is 47.8 Å². The van der Waals surface area contributed by atoms with Crippen molar-refractivity contribution in [3.05, 3.63) is 29.3 Å². The van der Waals surface area contributed by atoms with Gasteiger partial charge in [0.1, 0.15) is 12.4 Å². The summed E-state index contributed by atoms with van der Waals surface area (Å²) >= 11 is 0. The summed E-state index contributed by atoms with van der Waals surface area (Å²) in [7, 11) is 0. The number of hydrogen-bond donors (Lipinski definition) is 2. The van der Waals surface area contributed by atoms with Gasteiger partial charge in [0.25, 0.3) is 5.91 Å². The highest BCUT2D eigenvalue weighted by Gasteiger charge is 2.36. The Kier molecular flexibility index (Phi) is 5.24. The van der Waals surface area contributed by atoms with E-state index < -0.39 is 5.91 Å². The predicted molar refractivity (Wildman–Crippen MR) is 89.5 cm³/mol. The minimum Gasteiger partial charge on any atom is -0.491 e. The fourth-order valence-corrected chi connectivity index (χ4v) is 3.60. The standard InChI is InChI=1S/C18H24N2O5/c1-11-10-25-16-9-14(17(21)19-23)3-4-15(16)12(2)20(11)18(22)13-5-7-24-8-6-13/h3-4,9,11-13,23H,5-8,10H2,1-2H3,(H,19,21). The molecule has 1 aromatic carbocycles. The summed E-state index contributed by atoms with van der Waals surface area (Å²) in [5, 5.41) is 8.80. The van der Waals surface area contributed by atoms with E-state index in [9.17, 15) is 9.59 Å². The van der Waals surface area contributed by atoms with Crippen LogP contribution in [0.5, 0.6) is 5.75 Å². The third-order valence-electron chi connectivity index (χ3n) is 5.02. The molecule has 2 aliphatic heterocycles. The normalized spacial score (nSPS) is 24.0. The third kappa shape index (κ3) is 3.48. The molecule has 1 aromatic rings. The fraction of sp³-hybridized carbons (Fsp3) is 0.556. The molecule has 0 aromatic heterocycles. The van der Waals surface area contributed by atoms with E-state index >= 15 is 0 Å². The Hall–Kier alpha value is -2.12. The fourth-order valence-electron chi connectivity index (χ4n) is 3.60. The summed E-state index contributed by atoms with van der Waals surface area (Å²) in [4.78, 5) is 26.6. The maximum atomic E-state index is 13.1. The van der Waals surface area contributed by atoms with Gasteiger partial charge in [-0.2, -0.15) is 0 Å². The van der Waals surface area contributed by atoms with Crippen LogP contribution in [0.2, 0.25) is 0 Å². The van der Waals surface area contributed by atoms with E-state index in [0.717, 1.165) is 18.4 Å². The average Bonchev–Trinajstić information content (AvgIpc) is 2.77. The number of hydroxylamine groups is 1. The first kappa shape index (κ1) is 17.7. The molecule has 0 saturated carbocycles. The Morgan fingerprint density at radius 2 is 1.96 bits per heavy atom. The molecule has 0 radical (unpaired) electrons. The zero-order chi connectivity index (χ0) is 18.0. The van der Waals surface area contributed by atoms with Crippen LogP contribution >= 0.6 is 0 Å². The van der Waals surface area contributed by atoms with Gasteiger partial charge in [0.2, 0.25) is 5.91 Å². The van der Waals surface area contributed by atoms with E-state index in [1.54, 1.807) is 23.7 Å². The number of amides is 2. The highest BCUT2D eigenvalue weighted by molar-refractivity contribution is 5.94. The number of benzene rings is 1. The summed E-state index contributed by atoms with van der Waals surface area (Å²) in [6.45, 7) is 5.56. The van der Waals surface area contributed by atoms with E-state index in [4.69, 9.17) is 14.7 Å². The lowest BCUT2D eigenvalue weighted by Gasteiger charge is -2.36. The van der Waals surface area contributed by atoms with Crippen LogP contribution in [-0.2, 0) is 9.53 Å². The Morgan fingerprint density at radius 3 is 2.64 bits per heavy atom. The van der Waals surface area contributed by atoms with Gasteiger partial charge in [0, 0.05) is 30.3 Å². The van der Waals surface area contributed by atoms with Gasteiger partial charge in [-0.3, -0.25) is 14.8 Å². The molecule has 2 atom stereocenters. The highest BCUT2D eigenvalue weighted by Crippen LogP contribution is 2.36. The van der Waals surface area contributed by atoms with Crippen molar-refractivity contribution in [3.8, 4) is 5.75 Å². The molecular weight excluding hydrogens is 324 g/mol. The molecular formula is C18H24N2O5. The van der Waals surface area contributed by atoms with Gasteiger partial charge in [0.15, 0.2) is 0 Å². The minimum absolute atomic E-state index is 0.0142. The summed E-state index contributed by atoms with van der Waals surface area (Å²) < 4.78 is 11.2. The molecule has 1 fully saturated rings. The summed E-state index contributed by atoms with van der Waals surface area (Å²) in [6, 6.07) is 4.78. The molecule has 25 heavy (non-hydrogen) atoms. The average molecular weight is 348 g/mol. The van der Waals surface area contributed by atoms with Crippen LogP contribution in [0, 0.1) is 5.92 Å². The Bertz CT molecular complexity index is 657. The second-order valence-corrected chi connectivity index (χ2v) is 6.66. The maximum absolute atomic E-state index is 13.1. The minimum atomic E-state index is -0.591. The van der Waals surface area contributed by atoms with Crippen molar-refractivity contribution < 1.29 is 24.3 Å². The molecule has 7 heteroatoms. The van der Waals surface area contributed by atoms with Gasteiger partial charge in [-0.25, -0.2) is 5.48 Å². The van der Waals surface area contributed by atoms with Gasteiger partial charge in [-0.05, 0) is 38.8 Å². The van der Waals surface area contributed by atoms with Crippen LogP contribution < -0.4 is 10.2 Å². The molecule has 2 N–H and O–H groups in total. The molecule has 0 bridgehead atoms. The topological polar surface area (TPSA) is 88.1 Å². The number of nitrogens with one attached hydrogen (secondary N) is 1. The summed E-state index contributed by atoms with van der Waals surface area (Å²) in [5.74, 6) is 0.103. The zero-order valence-corrected chi connectivity index (χ0v) is 14.5. The molecule has 2 unspecified atom stereocenters. The number of nitrogens with zero attached hydrogens (tertiary/aromatic N) is 1. The van der Waals surface area contributed by atoms with E-state index in [0.29, 0.717) is 31.1 Å². The Labute approximate surface area is 146 Å². The number of carbonyl (C=O) groups excluding carboxylic acids is 2. The monoisotopic (exact) mass is 348 g/mol. The number of hydrogen-bond acceptors (Lipinski definition) is 5. The van der Waals surface area contributed by atoms with Crippen molar-refractivity contribution in [1.29, 1.82) is 0 Å². The number of rotatable bonds is 2. The van der Waals surface area contributed by atoms with E-state index in [1.807, 2.05) is 18.7 Å². The second kappa shape index (κ2) is 7.41. The van der Waals surface area contributed by atoms with Crippen molar-refractivity contribution in [2.45, 2.75) is 38.8 Å². The van der Waals surface area contributed by atoms with Crippen LogP contribution in [0.15, 0.2) is 18.2 Å². The first-order chi connectivity index (χ1) is 12.0. The van der Waals surface area contributed by atoms with Crippen LogP contribution in [0.1, 0.15) is 48.7 Å². The molecule has 136 valence electrons. The van der Waals surface area contributed by atoms with Crippen molar-refractivity contribution in [2.24, 2.45) is 5.92 Å². The number of ether oxygens (including phenoxy) is 2. The van der Waals surface area contributed by atoms with Crippen molar-refractivity contribution in [2.75, 3.05) is 19.8 Å². The van der Waals surface area contributed by atoms with Crippen molar-refractivity contribution >= 4 is 11.8 Å². The SMILES string of the molecule is CC1COc2cc(C(=O)NO)ccc2C(C)N1C(=O)C1CCOCC1. The van der Waals surface area contributed by atoms with E-state index in [1.165, 1.54) is 0 Å². The largest absolute Gasteiger partial charge is 0.491 e. The number of fused-ring (bicyclic) bond motifs is 1. The van der Waals surface area contributed by atoms with Crippen LogP contribution in [0.3, 0.4) is 0 Å². The van der Waals surface area contributed by atoms with Gasteiger partial charge < -0.3 is 14.4 Å². The zero-order valence-electron chi connectivity index (χ0n) is 14.5. The molecule has 0 aliphatic carbocycles. The lowest BCUT2D eigenvalue weighted by Crippen LogP contribution is -2.46. The van der Waals surface area contributed by atoms with Gasteiger partial charge in [0.05, 0.1) is 12.1 Å². The third-order valence-corrected chi connectivity index (χ3v) is 5.02. The lowest BCUT2D eigenvalue weighted by molar-refractivity contribution is -0.143. The predicted octanol–water partition coefficient (Wildman–Crippen LogP) is 1.90. The maximum Gasteiger partial charge on any atom is 0.274 e. The van der Waals surface area contributed by atoms with Crippen molar-refractivity contribution in [3.63, 3.8) is 0 Å². The van der Waals surface area contributed by atoms with Gasteiger partial charge >= 0.3 is 0 Å². The van der Waals surface area contributed by atoms with Crippen molar-refractivity contribution in [1.82, 2.24) is 10.4 Å². The Balaban J connectivity index is 1.89. The summed E-state index contributed by atoms with van der Waals surface area (Å²) in [5.41, 5.74) is 2.79. The second-order valence-electron chi connectivity index (χ2n) is 6.66. The molecule has 7 nitrogen and oxygen atoms in total. The molecule has 1 saturated heterocycles. The molecule has 3 rings (SSSR count). The Morgan fingerprint density at radius 1 is 1.24 bits per heavy atom. The van der Waals surface area contributed by atoms with E-state index in [-0.39, 0.29) is 23.9 Å².